The number of carbonyl (C=O) groups excluding carboxylic acids is 1. The van der Waals surface area contributed by atoms with Gasteiger partial charge in [0.15, 0.2) is 0 Å². The minimum Gasteiger partial charge on any atom is -0.371 e. The Morgan fingerprint density at radius 3 is 2.67 bits per heavy atom. The van der Waals surface area contributed by atoms with Gasteiger partial charge in [0.1, 0.15) is 0 Å². The molecule has 5 heteroatoms. The molecule has 0 aromatic heterocycles. The summed E-state index contributed by atoms with van der Waals surface area (Å²) in [5.74, 6) is 1.12. The van der Waals surface area contributed by atoms with Crippen LogP contribution in [0.1, 0.15) is 6.42 Å². The number of thioether (sulfide) groups is 1. The first kappa shape index (κ1) is 17.4. The predicted octanol–water partition coefficient (Wildman–Crippen LogP) is 4.18. The summed E-state index contributed by atoms with van der Waals surface area (Å²) in [6.45, 7) is 2.85. The average molecular weight is 405 g/mol. The van der Waals surface area contributed by atoms with E-state index in [-0.39, 0.29) is 5.91 Å². The minimum atomic E-state index is 0.112. The lowest BCUT2D eigenvalue weighted by Crippen LogP contribution is -2.32. The molecule has 1 N–H and O–H groups in total. The predicted molar refractivity (Wildman–Crippen MR) is 105 cm³/mol. The van der Waals surface area contributed by atoms with Crippen LogP contribution in [0.2, 0.25) is 0 Å². The van der Waals surface area contributed by atoms with Crippen molar-refractivity contribution in [3.8, 4) is 0 Å². The van der Waals surface area contributed by atoms with Gasteiger partial charge in [-0.3, -0.25) is 4.79 Å². The summed E-state index contributed by atoms with van der Waals surface area (Å²) in [4.78, 5) is 15.5. The topological polar surface area (TPSA) is 32.3 Å². The summed E-state index contributed by atoms with van der Waals surface area (Å²) in [5, 5.41) is 3.08. The molecule has 3 nitrogen and oxygen atoms in total. The first-order valence-corrected chi connectivity index (χ1v) is 9.93. The normalized spacial score (nSPS) is 17.0. The van der Waals surface area contributed by atoms with Crippen molar-refractivity contribution in [2.45, 2.75) is 11.3 Å². The number of nitrogens with one attached hydrogen (secondary N) is 1. The summed E-state index contributed by atoms with van der Waals surface area (Å²) < 4.78 is 1.06. The lowest BCUT2D eigenvalue weighted by molar-refractivity contribution is -0.118. The fourth-order valence-electron chi connectivity index (χ4n) is 2.86. The Labute approximate surface area is 155 Å². The van der Waals surface area contributed by atoms with Gasteiger partial charge in [-0.2, -0.15) is 0 Å². The maximum Gasteiger partial charge on any atom is 0.230 e. The zero-order chi connectivity index (χ0) is 16.8. The average Bonchev–Trinajstić information content (AvgIpc) is 3.09. The highest BCUT2D eigenvalue weighted by Gasteiger charge is 2.22. The van der Waals surface area contributed by atoms with Crippen molar-refractivity contribution < 1.29 is 4.79 Å². The number of benzene rings is 2. The number of carbonyl (C=O) groups is 1. The summed E-state index contributed by atoms with van der Waals surface area (Å²) in [7, 11) is 0. The van der Waals surface area contributed by atoms with Crippen molar-refractivity contribution in [3.05, 3.63) is 59.1 Å². The summed E-state index contributed by atoms with van der Waals surface area (Å²) in [6.07, 6.45) is 1.13. The van der Waals surface area contributed by atoms with Crippen molar-refractivity contribution >= 4 is 39.3 Å². The first-order valence-electron chi connectivity index (χ1n) is 8.16. The van der Waals surface area contributed by atoms with Crippen LogP contribution in [-0.2, 0) is 4.79 Å². The molecule has 1 heterocycles. The van der Waals surface area contributed by atoms with E-state index in [2.05, 4.69) is 50.4 Å². The van der Waals surface area contributed by atoms with Crippen molar-refractivity contribution in [1.29, 1.82) is 0 Å². The smallest absolute Gasteiger partial charge is 0.230 e. The van der Waals surface area contributed by atoms with Gasteiger partial charge in [0.2, 0.25) is 5.91 Å². The number of rotatable bonds is 6. The van der Waals surface area contributed by atoms with Crippen molar-refractivity contribution in [1.82, 2.24) is 5.32 Å². The Bertz CT molecular complexity index is 663. The van der Waals surface area contributed by atoms with E-state index >= 15 is 0 Å². The van der Waals surface area contributed by atoms with E-state index in [4.69, 9.17) is 0 Å². The van der Waals surface area contributed by atoms with Crippen LogP contribution in [0.5, 0.6) is 0 Å². The van der Waals surface area contributed by atoms with E-state index in [1.807, 2.05) is 30.3 Å². The molecule has 0 saturated carbocycles. The largest absolute Gasteiger partial charge is 0.371 e. The number of anilines is 1. The maximum atomic E-state index is 12.0. The highest BCUT2D eigenvalue weighted by atomic mass is 79.9. The van der Waals surface area contributed by atoms with E-state index in [0.717, 1.165) is 35.4 Å². The van der Waals surface area contributed by atoms with Crippen LogP contribution in [0.3, 0.4) is 0 Å². The molecule has 1 saturated heterocycles. The number of hydrogen-bond donors (Lipinski definition) is 1. The Morgan fingerprint density at radius 2 is 1.92 bits per heavy atom. The fourth-order valence-corrected chi connectivity index (χ4v) is 3.85. The molecule has 126 valence electrons. The van der Waals surface area contributed by atoms with Gasteiger partial charge in [-0.15, -0.1) is 11.8 Å². The highest BCUT2D eigenvalue weighted by molar-refractivity contribution is 9.10. The van der Waals surface area contributed by atoms with Crippen LogP contribution in [0.4, 0.5) is 5.69 Å². The van der Waals surface area contributed by atoms with E-state index in [9.17, 15) is 4.79 Å². The molecule has 1 amide bonds. The Hall–Kier alpha value is -1.46. The SMILES string of the molecule is O=C(CSc1ccc(Br)cc1)NCC1CCN(c2ccccc2)C1. The van der Waals surface area contributed by atoms with Crippen LogP contribution in [0.15, 0.2) is 64.0 Å². The monoisotopic (exact) mass is 404 g/mol. The second-order valence-electron chi connectivity index (χ2n) is 5.98. The molecule has 2 aromatic carbocycles. The van der Waals surface area contributed by atoms with Crippen LogP contribution in [0.25, 0.3) is 0 Å². The van der Waals surface area contributed by atoms with Gasteiger partial charge in [0.25, 0.3) is 0 Å². The number of para-hydroxylation sites is 1. The summed E-state index contributed by atoms with van der Waals surface area (Å²) >= 11 is 4.99. The molecule has 3 rings (SSSR count). The molecular weight excluding hydrogens is 384 g/mol. The second-order valence-corrected chi connectivity index (χ2v) is 7.95. The van der Waals surface area contributed by atoms with Gasteiger partial charge >= 0.3 is 0 Å². The van der Waals surface area contributed by atoms with Crippen LogP contribution in [-0.4, -0.2) is 31.3 Å². The molecule has 2 aromatic rings. The molecule has 0 spiro atoms. The molecule has 1 aliphatic heterocycles. The lowest BCUT2D eigenvalue weighted by atomic mass is 10.1. The van der Waals surface area contributed by atoms with Crippen molar-refractivity contribution in [2.24, 2.45) is 5.92 Å². The van der Waals surface area contributed by atoms with Crippen molar-refractivity contribution in [3.63, 3.8) is 0 Å². The van der Waals surface area contributed by atoms with E-state index < -0.39 is 0 Å². The third-order valence-corrected chi connectivity index (χ3v) is 5.72. The van der Waals surface area contributed by atoms with Gasteiger partial charge in [-0.1, -0.05) is 34.1 Å². The molecule has 1 atom stereocenters. The minimum absolute atomic E-state index is 0.112. The third-order valence-electron chi connectivity index (χ3n) is 4.18. The van der Waals surface area contributed by atoms with Gasteiger partial charge in [0.05, 0.1) is 5.75 Å². The molecule has 1 unspecified atom stereocenters. The molecule has 24 heavy (non-hydrogen) atoms. The Balaban J connectivity index is 1.38. The number of nitrogens with zero attached hydrogens (tertiary/aromatic N) is 1. The summed E-state index contributed by atoms with van der Waals surface area (Å²) in [5.41, 5.74) is 1.28. The molecule has 1 aliphatic rings. The highest BCUT2D eigenvalue weighted by Crippen LogP contribution is 2.23. The van der Waals surface area contributed by atoms with Crippen LogP contribution >= 0.6 is 27.7 Å². The zero-order valence-corrected chi connectivity index (χ0v) is 15.9. The summed E-state index contributed by atoms with van der Waals surface area (Å²) in [6, 6.07) is 18.5. The Morgan fingerprint density at radius 1 is 1.17 bits per heavy atom. The van der Waals surface area contributed by atoms with E-state index in [0.29, 0.717) is 11.7 Å². The quantitative estimate of drug-likeness (QED) is 0.732. The zero-order valence-electron chi connectivity index (χ0n) is 13.5. The third kappa shape index (κ3) is 5.02. The van der Waals surface area contributed by atoms with Gasteiger partial charge in [-0.25, -0.2) is 0 Å². The van der Waals surface area contributed by atoms with Crippen molar-refractivity contribution in [2.75, 3.05) is 30.3 Å². The molecule has 1 fully saturated rings. The van der Waals surface area contributed by atoms with E-state index in [1.165, 1.54) is 5.69 Å². The number of hydrogen-bond acceptors (Lipinski definition) is 3. The fraction of sp³-hybridized carbons (Fsp3) is 0.316. The maximum absolute atomic E-state index is 12.0. The molecular formula is C19H21BrN2OS. The molecule has 0 radical (unpaired) electrons. The van der Waals surface area contributed by atoms with Crippen LogP contribution < -0.4 is 10.2 Å². The van der Waals surface area contributed by atoms with Crippen LogP contribution in [0, 0.1) is 5.92 Å². The van der Waals surface area contributed by atoms with E-state index in [1.54, 1.807) is 11.8 Å². The molecule has 0 bridgehead atoms. The molecule has 0 aliphatic carbocycles. The number of amides is 1. The standard InChI is InChI=1S/C19H21BrN2OS/c20-16-6-8-18(9-7-16)24-14-19(23)21-12-15-10-11-22(13-15)17-4-2-1-3-5-17/h1-9,15H,10-14H2,(H,21,23). The second kappa shape index (κ2) is 8.58. The Kier molecular flexibility index (Phi) is 6.21. The first-order chi connectivity index (χ1) is 11.7. The lowest BCUT2D eigenvalue weighted by Gasteiger charge is -2.18. The van der Waals surface area contributed by atoms with Gasteiger partial charge < -0.3 is 10.2 Å². The van der Waals surface area contributed by atoms with Gasteiger partial charge in [-0.05, 0) is 48.7 Å². The van der Waals surface area contributed by atoms with Gasteiger partial charge in [0, 0.05) is 34.7 Å². The number of halogens is 1.